The molecule has 2 heterocycles. The molecule has 0 amide bonds. The molecular weight excluding hydrogens is 280 g/mol. The molecule has 0 aliphatic carbocycles. The normalized spacial score (nSPS) is 10.6. The van der Waals surface area contributed by atoms with Crippen molar-refractivity contribution in [2.24, 2.45) is 0 Å². The Hall–Kier alpha value is -1.99. The number of nitrogens with two attached hydrogens (primary N) is 1. The van der Waals surface area contributed by atoms with E-state index in [1.807, 2.05) is 29.6 Å². The van der Waals surface area contributed by atoms with Gasteiger partial charge in [0.1, 0.15) is 15.8 Å². The quantitative estimate of drug-likeness (QED) is 0.802. The molecule has 0 radical (unpaired) electrons. The Morgan fingerprint density at radius 1 is 1.21 bits per heavy atom. The number of anilines is 1. The Bertz CT molecular complexity index is 690. The third-order valence-electron chi connectivity index (χ3n) is 2.61. The molecule has 5 nitrogen and oxygen atoms in total. The van der Waals surface area contributed by atoms with Crippen molar-refractivity contribution in [2.75, 3.05) is 12.8 Å². The highest BCUT2D eigenvalue weighted by atomic mass is 32.1. The molecule has 1 aromatic carbocycles. The zero-order valence-corrected chi connectivity index (χ0v) is 11.7. The molecule has 0 aliphatic rings. The van der Waals surface area contributed by atoms with Crippen LogP contribution in [0.1, 0.15) is 0 Å². The SMILES string of the molecule is COc1ccc(-c2csc(-c3nnsc3N)n2)cc1. The summed E-state index contributed by atoms with van der Waals surface area (Å²) < 4.78 is 8.95. The van der Waals surface area contributed by atoms with Gasteiger partial charge in [0, 0.05) is 22.5 Å². The maximum Gasteiger partial charge on any atom is 0.157 e. The predicted molar refractivity (Wildman–Crippen MR) is 77.4 cm³/mol. The zero-order chi connectivity index (χ0) is 13.2. The van der Waals surface area contributed by atoms with Crippen LogP contribution in [0.3, 0.4) is 0 Å². The van der Waals surface area contributed by atoms with Crippen LogP contribution in [-0.4, -0.2) is 21.7 Å². The van der Waals surface area contributed by atoms with Gasteiger partial charge in [0.2, 0.25) is 0 Å². The number of hydrogen-bond donors (Lipinski definition) is 1. The first-order valence-corrected chi connectivity index (χ1v) is 7.11. The number of benzene rings is 1. The first-order chi connectivity index (χ1) is 9.28. The molecule has 7 heteroatoms. The van der Waals surface area contributed by atoms with E-state index in [4.69, 9.17) is 10.5 Å². The van der Waals surface area contributed by atoms with Gasteiger partial charge in [-0.25, -0.2) is 4.98 Å². The molecule has 0 saturated heterocycles. The van der Waals surface area contributed by atoms with E-state index >= 15 is 0 Å². The molecular formula is C12H10N4OS2. The molecule has 96 valence electrons. The van der Waals surface area contributed by atoms with Crippen molar-refractivity contribution in [3.63, 3.8) is 0 Å². The van der Waals surface area contributed by atoms with Gasteiger partial charge in [-0.15, -0.1) is 16.4 Å². The number of hydrogen-bond acceptors (Lipinski definition) is 7. The third-order valence-corrected chi connectivity index (χ3v) is 4.01. The topological polar surface area (TPSA) is 73.9 Å². The van der Waals surface area contributed by atoms with Crippen LogP contribution in [0.2, 0.25) is 0 Å². The third kappa shape index (κ3) is 2.29. The second-order valence-corrected chi connectivity index (χ2v) is 5.40. The van der Waals surface area contributed by atoms with Crippen LogP contribution < -0.4 is 10.5 Å². The maximum atomic E-state index is 5.80. The first kappa shape index (κ1) is 12.1. The molecule has 19 heavy (non-hydrogen) atoms. The fraction of sp³-hybridized carbons (Fsp3) is 0.0833. The number of thiazole rings is 1. The monoisotopic (exact) mass is 290 g/mol. The molecule has 0 fully saturated rings. The Balaban J connectivity index is 1.94. The summed E-state index contributed by atoms with van der Waals surface area (Å²) in [7, 11) is 1.65. The molecule has 0 saturated carbocycles. The van der Waals surface area contributed by atoms with Gasteiger partial charge < -0.3 is 10.5 Å². The van der Waals surface area contributed by atoms with E-state index in [2.05, 4.69) is 14.6 Å². The van der Waals surface area contributed by atoms with Crippen LogP contribution in [0.15, 0.2) is 29.6 Å². The molecule has 3 rings (SSSR count). The van der Waals surface area contributed by atoms with E-state index in [-0.39, 0.29) is 0 Å². The van der Waals surface area contributed by atoms with Crippen molar-refractivity contribution in [3.8, 4) is 27.7 Å². The molecule has 0 aliphatic heterocycles. The fourth-order valence-corrected chi connectivity index (χ4v) is 2.95. The average Bonchev–Trinajstić information content (AvgIpc) is 3.07. The maximum absolute atomic E-state index is 5.80. The minimum Gasteiger partial charge on any atom is -0.497 e. The van der Waals surface area contributed by atoms with Gasteiger partial charge in [-0.2, -0.15) is 0 Å². The van der Waals surface area contributed by atoms with Crippen molar-refractivity contribution in [1.29, 1.82) is 0 Å². The Kier molecular flexibility index (Phi) is 3.14. The van der Waals surface area contributed by atoms with Gasteiger partial charge >= 0.3 is 0 Å². The van der Waals surface area contributed by atoms with Crippen LogP contribution >= 0.6 is 22.9 Å². The van der Waals surface area contributed by atoms with Crippen LogP contribution in [0, 0.1) is 0 Å². The lowest BCUT2D eigenvalue weighted by atomic mass is 10.2. The van der Waals surface area contributed by atoms with Gasteiger partial charge in [0.15, 0.2) is 5.69 Å². The van der Waals surface area contributed by atoms with Crippen LogP contribution in [0.25, 0.3) is 22.0 Å². The Morgan fingerprint density at radius 2 is 2.00 bits per heavy atom. The van der Waals surface area contributed by atoms with Gasteiger partial charge in [-0.3, -0.25) is 0 Å². The smallest absolute Gasteiger partial charge is 0.157 e. The number of nitrogen functional groups attached to an aromatic ring is 1. The van der Waals surface area contributed by atoms with E-state index < -0.39 is 0 Å². The molecule has 0 atom stereocenters. The molecule has 2 N–H and O–H groups in total. The lowest BCUT2D eigenvalue weighted by molar-refractivity contribution is 0.415. The summed E-state index contributed by atoms with van der Waals surface area (Å²) in [6.07, 6.45) is 0. The largest absolute Gasteiger partial charge is 0.497 e. The Morgan fingerprint density at radius 3 is 2.63 bits per heavy atom. The number of methoxy groups -OCH3 is 1. The summed E-state index contributed by atoms with van der Waals surface area (Å²) in [6, 6.07) is 7.76. The number of aromatic nitrogens is 3. The highest BCUT2D eigenvalue weighted by molar-refractivity contribution is 7.14. The van der Waals surface area contributed by atoms with Crippen LogP contribution in [0.4, 0.5) is 5.00 Å². The number of nitrogens with zero attached hydrogens (tertiary/aromatic N) is 3. The van der Waals surface area contributed by atoms with Crippen molar-refractivity contribution >= 4 is 27.9 Å². The summed E-state index contributed by atoms with van der Waals surface area (Å²) in [4.78, 5) is 4.54. The van der Waals surface area contributed by atoms with E-state index in [1.165, 1.54) is 22.9 Å². The van der Waals surface area contributed by atoms with Gasteiger partial charge in [-0.1, -0.05) is 4.49 Å². The number of ether oxygens (including phenoxy) is 1. The molecule has 0 bridgehead atoms. The summed E-state index contributed by atoms with van der Waals surface area (Å²) in [6.45, 7) is 0. The highest BCUT2D eigenvalue weighted by Gasteiger charge is 2.12. The second kappa shape index (κ2) is 4.94. The van der Waals surface area contributed by atoms with Gasteiger partial charge in [0.25, 0.3) is 0 Å². The summed E-state index contributed by atoms with van der Waals surface area (Å²) in [5, 5.41) is 7.36. The van der Waals surface area contributed by atoms with E-state index in [0.717, 1.165) is 22.0 Å². The lowest BCUT2D eigenvalue weighted by Gasteiger charge is -2.00. The molecule has 0 spiro atoms. The van der Waals surface area contributed by atoms with Gasteiger partial charge in [-0.05, 0) is 24.3 Å². The predicted octanol–water partition coefficient (Wildman–Crippen LogP) is 2.92. The summed E-state index contributed by atoms with van der Waals surface area (Å²) in [5.41, 5.74) is 8.39. The van der Waals surface area contributed by atoms with Crippen LogP contribution in [0.5, 0.6) is 5.75 Å². The Labute approximate surface area is 117 Å². The van der Waals surface area contributed by atoms with Crippen LogP contribution in [-0.2, 0) is 0 Å². The lowest BCUT2D eigenvalue weighted by Crippen LogP contribution is -1.86. The second-order valence-electron chi connectivity index (χ2n) is 3.75. The zero-order valence-electron chi connectivity index (χ0n) is 10.0. The molecule has 2 aromatic heterocycles. The van der Waals surface area contributed by atoms with Crippen molar-refractivity contribution in [3.05, 3.63) is 29.6 Å². The van der Waals surface area contributed by atoms with Gasteiger partial charge in [0.05, 0.1) is 12.8 Å². The molecule has 3 aromatic rings. The van der Waals surface area contributed by atoms with E-state index in [0.29, 0.717) is 10.7 Å². The minimum absolute atomic E-state index is 0.593. The number of rotatable bonds is 3. The van der Waals surface area contributed by atoms with E-state index in [9.17, 15) is 0 Å². The molecule has 0 unspecified atom stereocenters. The van der Waals surface area contributed by atoms with Crippen molar-refractivity contribution in [1.82, 2.24) is 14.6 Å². The van der Waals surface area contributed by atoms with E-state index in [1.54, 1.807) is 7.11 Å². The first-order valence-electron chi connectivity index (χ1n) is 5.46. The minimum atomic E-state index is 0.593. The summed E-state index contributed by atoms with van der Waals surface area (Å²) >= 11 is 2.68. The van der Waals surface area contributed by atoms with Crippen molar-refractivity contribution in [2.45, 2.75) is 0 Å². The average molecular weight is 290 g/mol. The standard InChI is InChI=1S/C12H10N4OS2/c1-17-8-4-2-7(3-5-8)9-6-18-12(14-9)10-11(13)19-16-15-10/h2-6H,13H2,1H3. The fourth-order valence-electron chi connectivity index (χ4n) is 1.62. The highest BCUT2D eigenvalue weighted by Crippen LogP contribution is 2.32. The van der Waals surface area contributed by atoms with Crippen molar-refractivity contribution < 1.29 is 4.74 Å². The summed E-state index contributed by atoms with van der Waals surface area (Å²) in [5.74, 6) is 0.826.